The molecule has 136 valence electrons. The molecular weight excluding hydrogens is 342 g/mol. The standard InChI is InChI=1S/C22H19NO4/c1-13(21(25)16-10-9-14-5-4-6-15(14)11-16)27-22(26)18-12-20(24)23-19-8-3-2-7-17(18)19/h2-3,7-13H,4-6H2,1H3,(H,23,24)/t13-/m1/s1. The van der Waals surface area contributed by atoms with Gasteiger partial charge in [0.2, 0.25) is 11.3 Å². The number of ether oxygens (including phenoxy) is 1. The van der Waals surface area contributed by atoms with E-state index in [4.69, 9.17) is 4.74 Å². The zero-order chi connectivity index (χ0) is 19.0. The number of esters is 1. The topological polar surface area (TPSA) is 76.2 Å². The number of aryl methyl sites for hydroxylation is 2. The number of hydrogen-bond acceptors (Lipinski definition) is 4. The second-order valence-electron chi connectivity index (χ2n) is 6.84. The molecule has 1 aliphatic rings. The van der Waals surface area contributed by atoms with Crippen molar-refractivity contribution in [3.63, 3.8) is 0 Å². The number of aromatic amines is 1. The summed E-state index contributed by atoms with van der Waals surface area (Å²) >= 11 is 0. The van der Waals surface area contributed by atoms with Gasteiger partial charge in [0.05, 0.1) is 5.56 Å². The summed E-state index contributed by atoms with van der Waals surface area (Å²) < 4.78 is 5.39. The monoisotopic (exact) mass is 361 g/mol. The van der Waals surface area contributed by atoms with E-state index in [0.717, 1.165) is 19.3 Å². The van der Waals surface area contributed by atoms with Crippen molar-refractivity contribution in [3.8, 4) is 0 Å². The number of Topliss-reactive ketones (excluding diaryl/α,β-unsaturated/α-hetero) is 1. The van der Waals surface area contributed by atoms with Crippen molar-refractivity contribution in [1.29, 1.82) is 0 Å². The second kappa shape index (κ2) is 6.83. The molecule has 1 atom stereocenters. The van der Waals surface area contributed by atoms with Crippen LogP contribution in [0.15, 0.2) is 53.3 Å². The Morgan fingerprint density at radius 1 is 1.04 bits per heavy atom. The largest absolute Gasteiger partial charge is 0.451 e. The quantitative estimate of drug-likeness (QED) is 0.570. The number of H-pyrrole nitrogens is 1. The number of nitrogens with one attached hydrogen (secondary N) is 1. The lowest BCUT2D eigenvalue weighted by molar-refractivity contribution is 0.0320. The predicted molar refractivity (Wildman–Crippen MR) is 102 cm³/mol. The Morgan fingerprint density at radius 3 is 2.67 bits per heavy atom. The number of carbonyl (C=O) groups excluding carboxylic acids is 2. The molecule has 0 saturated heterocycles. The summed E-state index contributed by atoms with van der Waals surface area (Å²) in [6.07, 6.45) is 2.19. The summed E-state index contributed by atoms with van der Waals surface area (Å²) in [5.74, 6) is -0.925. The summed E-state index contributed by atoms with van der Waals surface area (Å²) in [5, 5.41) is 0.583. The maximum Gasteiger partial charge on any atom is 0.339 e. The molecule has 27 heavy (non-hydrogen) atoms. The number of carbonyl (C=O) groups is 2. The minimum atomic E-state index is -0.935. The highest BCUT2D eigenvalue weighted by Crippen LogP contribution is 2.24. The number of pyridine rings is 1. The fraction of sp³-hybridized carbons (Fsp3) is 0.227. The first-order valence-electron chi connectivity index (χ1n) is 9.02. The first-order chi connectivity index (χ1) is 13.0. The van der Waals surface area contributed by atoms with Gasteiger partial charge in [0, 0.05) is 22.5 Å². The van der Waals surface area contributed by atoms with E-state index in [2.05, 4.69) is 4.98 Å². The van der Waals surface area contributed by atoms with Crippen LogP contribution in [0.25, 0.3) is 10.9 Å². The average Bonchev–Trinajstić information content (AvgIpc) is 3.14. The molecule has 0 aliphatic heterocycles. The van der Waals surface area contributed by atoms with Gasteiger partial charge in [0.15, 0.2) is 6.10 Å². The maximum atomic E-state index is 12.7. The molecule has 4 rings (SSSR count). The van der Waals surface area contributed by atoms with Gasteiger partial charge in [-0.25, -0.2) is 4.79 Å². The van der Waals surface area contributed by atoms with Gasteiger partial charge in [0.25, 0.3) is 0 Å². The zero-order valence-corrected chi connectivity index (χ0v) is 15.0. The molecular formula is C22H19NO4. The Labute approximate surface area is 156 Å². The van der Waals surface area contributed by atoms with Gasteiger partial charge in [0.1, 0.15) is 0 Å². The maximum absolute atomic E-state index is 12.7. The van der Waals surface area contributed by atoms with Crippen molar-refractivity contribution in [2.45, 2.75) is 32.3 Å². The van der Waals surface area contributed by atoms with Crippen LogP contribution < -0.4 is 5.56 Å². The first kappa shape index (κ1) is 17.2. The van der Waals surface area contributed by atoms with Crippen LogP contribution in [0.2, 0.25) is 0 Å². The van der Waals surface area contributed by atoms with Crippen LogP contribution in [-0.2, 0) is 17.6 Å². The summed E-state index contributed by atoms with van der Waals surface area (Å²) in [6, 6.07) is 13.9. The van der Waals surface area contributed by atoms with E-state index in [9.17, 15) is 14.4 Å². The van der Waals surface area contributed by atoms with Crippen LogP contribution in [-0.4, -0.2) is 22.8 Å². The number of aromatic nitrogens is 1. The lowest BCUT2D eigenvalue weighted by Crippen LogP contribution is -2.25. The molecule has 2 aromatic carbocycles. The van der Waals surface area contributed by atoms with Crippen LogP contribution in [0.1, 0.15) is 45.2 Å². The lowest BCUT2D eigenvalue weighted by atomic mass is 10.0. The fourth-order valence-electron chi connectivity index (χ4n) is 3.61. The van der Waals surface area contributed by atoms with E-state index in [1.54, 1.807) is 37.3 Å². The smallest absolute Gasteiger partial charge is 0.339 e. The number of rotatable bonds is 4. The van der Waals surface area contributed by atoms with Crippen LogP contribution >= 0.6 is 0 Å². The molecule has 0 spiro atoms. The van der Waals surface area contributed by atoms with Crippen molar-refractivity contribution in [2.75, 3.05) is 0 Å². The van der Waals surface area contributed by atoms with Gasteiger partial charge in [-0.05, 0) is 49.4 Å². The van der Waals surface area contributed by atoms with Gasteiger partial charge in [-0.2, -0.15) is 0 Å². The minimum Gasteiger partial charge on any atom is -0.451 e. The molecule has 1 aromatic heterocycles. The van der Waals surface area contributed by atoms with E-state index in [1.165, 1.54) is 17.2 Å². The van der Waals surface area contributed by atoms with E-state index >= 15 is 0 Å². The molecule has 0 amide bonds. The fourth-order valence-corrected chi connectivity index (χ4v) is 3.61. The first-order valence-corrected chi connectivity index (χ1v) is 9.02. The van der Waals surface area contributed by atoms with Crippen molar-refractivity contribution < 1.29 is 14.3 Å². The van der Waals surface area contributed by atoms with Crippen LogP contribution in [0.4, 0.5) is 0 Å². The normalized spacial score (nSPS) is 14.0. The van der Waals surface area contributed by atoms with Crippen molar-refractivity contribution in [1.82, 2.24) is 4.98 Å². The molecule has 1 aliphatic carbocycles. The van der Waals surface area contributed by atoms with Crippen molar-refractivity contribution >= 4 is 22.7 Å². The number of ketones is 1. The predicted octanol–water partition coefficient (Wildman–Crippen LogP) is 3.45. The molecule has 0 saturated carbocycles. The molecule has 0 bridgehead atoms. The van der Waals surface area contributed by atoms with Gasteiger partial charge in [-0.15, -0.1) is 0 Å². The van der Waals surface area contributed by atoms with Gasteiger partial charge >= 0.3 is 5.97 Å². The second-order valence-corrected chi connectivity index (χ2v) is 6.84. The number of para-hydroxylation sites is 1. The third-order valence-electron chi connectivity index (χ3n) is 5.01. The highest BCUT2D eigenvalue weighted by Gasteiger charge is 2.23. The Hall–Kier alpha value is -3.21. The summed E-state index contributed by atoms with van der Waals surface area (Å²) in [6.45, 7) is 1.56. The van der Waals surface area contributed by atoms with Crippen molar-refractivity contribution in [2.24, 2.45) is 0 Å². The number of fused-ring (bicyclic) bond motifs is 2. The summed E-state index contributed by atoms with van der Waals surface area (Å²) in [4.78, 5) is 39.8. The molecule has 0 fully saturated rings. The summed E-state index contributed by atoms with van der Waals surface area (Å²) in [5.41, 5.74) is 3.34. The van der Waals surface area contributed by atoms with E-state index in [-0.39, 0.29) is 11.3 Å². The average molecular weight is 361 g/mol. The Kier molecular flexibility index (Phi) is 4.36. The Morgan fingerprint density at radius 2 is 1.81 bits per heavy atom. The van der Waals surface area contributed by atoms with Gasteiger partial charge < -0.3 is 9.72 Å². The zero-order valence-electron chi connectivity index (χ0n) is 15.0. The van der Waals surface area contributed by atoms with Crippen molar-refractivity contribution in [3.05, 3.63) is 81.1 Å². The van der Waals surface area contributed by atoms with Crippen LogP contribution in [0, 0.1) is 0 Å². The molecule has 5 nitrogen and oxygen atoms in total. The lowest BCUT2D eigenvalue weighted by Gasteiger charge is -2.14. The molecule has 1 N–H and O–H groups in total. The van der Waals surface area contributed by atoms with E-state index in [1.807, 2.05) is 12.1 Å². The number of benzene rings is 2. The van der Waals surface area contributed by atoms with Gasteiger partial charge in [-0.1, -0.05) is 30.3 Å². The third-order valence-corrected chi connectivity index (χ3v) is 5.01. The van der Waals surface area contributed by atoms with E-state index < -0.39 is 17.6 Å². The minimum absolute atomic E-state index is 0.156. The van der Waals surface area contributed by atoms with Gasteiger partial charge in [-0.3, -0.25) is 9.59 Å². The molecule has 5 heteroatoms. The SMILES string of the molecule is C[C@@H](OC(=O)c1cc(=O)[nH]c2ccccc12)C(=O)c1ccc2c(c1)CCC2. The van der Waals surface area contributed by atoms with Crippen LogP contribution in [0.5, 0.6) is 0 Å². The third kappa shape index (κ3) is 3.28. The van der Waals surface area contributed by atoms with E-state index in [0.29, 0.717) is 16.5 Å². The Balaban J connectivity index is 1.58. The summed E-state index contributed by atoms with van der Waals surface area (Å²) in [7, 11) is 0. The molecule has 3 aromatic rings. The Bertz CT molecular complexity index is 1110. The number of hydrogen-bond donors (Lipinski definition) is 1. The highest BCUT2D eigenvalue weighted by atomic mass is 16.5. The molecule has 0 unspecified atom stereocenters. The highest BCUT2D eigenvalue weighted by molar-refractivity contribution is 6.05. The molecule has 1 heterocycles. The molecule has 0 radical (unpaired) electrons. The van der Waals surface area contributed by atoms with Crippen LogP contribution in [0.3, 0.4) is 0 Å².